The number of hydrogen-bond donors (Lipinski definition) is 4. The smallest absolute Gasteiger partial charge is 0.337 e. The molecule has 138 valence electrons. The molecule has 0 saturated heterocycles. The summed E-state index contributed by atoms with van der Waals surface area (Å²) in [5, 5.41) is 36.9. The number of aromatic carboxylic acids is 4. The minimum atomic E-state index is -1.57. The van der Waals surface area contributed by atoms with Crippen molar-refractivity contribution in [1.29, 1.82) is 0 Å². The van der Waals surface area contributed by atoms with Crippen molar-refractivity contribution in [1.82, 2.24) is 0 Å². The Morgan fingerprint density at radius 3 is 1.08 bits per heavy atom. The quantitative estimate of drug-likeness (QED) is 0.583. The molecule has 0 fully saturated rings. The zero-order valence-electron chi connectivity index (χ0n) is 12.9. The molecule has 2 aromatic carbocycles. The van der Waals surface area contributed by atoms with E-state index in [1.807, 2.05) is 0 Å². The van der Waals surface area contributed by atoms with Crippen molar-refractivity contribution in [2.45, 2.75) is 0 Å². The van der Waals surface area contributed by atoms with Crippen molar-refractivity contribution in [2.75, 3.05) is 0 Å². The predicted octanol–water partition coefficient (Wildman–Crippen LogP) is 0.497. The molecule has 2 rings (SSSR count). The second-order valence-electron chi connectivity index (χ2n) is 4.68. The molecule has 10 heteroatoms. The summed E-state index contributed by atoms with van der Waals surface area (Å²) in [6, 6.07) is 7.09. The lowest BCUT2D eigenvalue weighted by Crippen LogP contribution is -2.13. The van der Waals surface area contributed by atoms with Crippen LogP contribution in [0.5, 0.6) is 0 Å². The molecule has 2 aromatic rings. The Morgan fingerprint density at radius 1 is 0.538 bits per heavy atom. The molecule has 0 atom stereocenters. The first-order valence-corrected chi connectivity index (χ1v) is 6.45. The first-order valence-electron chi connectivity index (χ1n) is 6.45. The predicted molar refractivity (Wildman–Crippen MR) is 86.9 cm³/mol. The van der Waals surface area contributed by atoms with E-state index in [1.54, 1.807) is 0 Å². The minimum Gasteiger partial charge on any atom is -0.478 e. The Kier molecular flexibility index (Phi) is 7.16. The van der Waals surface area contributed by atoms with Gasteiger partial charge in [-0.2, -0.15) is 0 Å². The number of benzene rings is 2. The maximum absolute atomic E-state index is 11.5. The Bertz CT molecular complexity index is 811. The van der Waals surface area contributed by atoms with Crippen molar-refractivity contribution < 1.29 is 50.6 Å². The van der Waals surface area contributed by atoms with Crippen LogP contribution in [-0.4, -0.2) is 55.3 Å². The molecule has 0 aromatic heterocycles. The summed E-state index contributed by atoms with van der Waals surface area (Å²) in [5.41, 5.74) is -2.68. The highest BCUT2D eigenvalue weighted by atomic mass is 16.4. The van der Waals surface area contributed by atoms with Gasteiger partial charge in [0.05, 0.1) is 22.3 Å². The van der Waals surface area contributed by atoms with E-state index < -0.39 is 46.1 Å². The number of carbonyl (C=O) groups is 4. The van der Waals surface area contributed by atoms with Gasteiger partial charge in [-0.25, -0.2) is 19.2 Å². The Hall–Kier alpha value is -3.76. The lowest BCUT2D eigenvalue weighted by atomic mass is 9.90. The first-order chi connectivity index (χ1) is 11.3. The summed E-state index contributed by atoms with van der Waals surface area (Å²) in [6.07, 6.45) is 0. The van der Waals surface area contributed by atoms with Gasteiger partial charge in [0.15, 0.2) is 0 Å². The first kappa shape index (κ1) is 22.2. The van der Waals surface area contributed by atoms with Gasteiger partial charge in [0.2, 0.25) is 0 Å². The van der Waals surface area contributed by atoms with Crippen LogP contribution in [0.25, 0.3) is 11.1 Å². The van der Waals surface area contributed by atoms with Crippen molar-refractivity contribution in [3.63, 3.8) is 0 Å². The maximum atomic E-state index is 11.5. The van der Waals surface area contributed by atoms with E-state index >= 15 is 0 Å². The number of carboxylic acid groups (broad SMARTS) is 4. The van der Waals surface area contributed by atoms with Gasteiger partial charge in [-0.05, 0) is 23.3 Å². The third-order valence-electron chi connectivity index (χ3n) is 3.31. The maximum Gasteiger partial charge on any atom is 0.337 e. The van der Waals surface area contributed by atoms with E-state index in [0.717, 1.165) is 12.1 Å². The number of rotatable bonds is 5. The highest BCUT2D eigenvalue weighted by Gasteiger charge is 2.26. The Balaban J connectivity index is 0.00000312. The highest BCUT2D eigenvalue weighted by molar-refractivity contribution is 6.11. The highest BCUT2D eigenvalue weighted by Crippen LogP contribution is 2.31. The van der Waals surface area contributed by atoms with E-state index in [9.17, 15) is 29.4 Å². The summed E-state index contributed by atoms with van der Waals surface area (Å²) in [4.78, 5) is 45.4. The zero-order valence-corrected chi connectivity index (χ0v) is 12.9. The van der Waals surface area contributed by atoms with Crippen LogP contribution in [0.15, 0.2) is 36.4 Å². The van der Waals surface area contributed by atoms with Crippen molar-refractivity contribution in [3.05, 3.63) is 58.7 Å². The third-order valence-corrected chi connectivity index (χ3v) is 3.31. The topological polar surface area (TPSA) is 212 Å². The fourth-order valence-electron chi connectivity index (χ4n) is 2.37. The van der Waals surface area contributed by atoms with Crippen molar-refractivity contribution in [2.24, 2.45) is 0 Å². The van der Waals surface area contributed by atoms with E-state index in [2.05, 4.69) is 0 Å². The number of hydrogen-bond acceptors (Lipinski definition) is 4. The van der Waals surface area contributed by atoms with Crippen LogP contribution < -0.4 is 0 Å². The van der Waals surface area contributed by atoms with Crippen molar-refractivity contribution in [3.8, 4) is 11.1 Å². The summed E-state index contributed by atoms with van der Waals surface area (Å²) < 4.78 is 0. The molecule has 8 N–H and O–H groups in total. The van der Waals surface area contributed by atoms with Crippen LogP contribution in [0.3, 0.4) is 0 Å². The van der Waals surface area contributed by atoms with Crippen LogP contribution in [0.4, 0.5) is 0 Å². The van der Waals surface area contributed by atoms with E-state index in [1.165, 1.54) is 24.3 Å². The van der Waals surface area contributed by atoms with Crippen LogP contribution in [-0.2, 0) is 0 Å². The van der Waals surface area contributed by atoms with Gasteiger partial charge in [-0.15, -0.1) is 0 Å². The molecule has 0 amide bonds. The molecule has 0 aliphatic carbocycles. The molecule has 0 saturated carbocycles. The molecule has 0 spiro atoms. The lowest BCUT2D eigenvalue weighted by Gasteiger charge is -2.13. The molecule has 26 heavy (non-hydrogen) atoms. The summed E-state index contributed by atoms with van der Waals surface area (Å²) >= 11 is 0. The van der Waals surface area contributed by atoms with E-state index in [-0.39, 0.29) is 22.1 Å². The van der Waals surface area contributed by atoms with Gasteiger partial charge < -0.3 is 31.4 Å². The normalized spacial score (nSPS) is 9.38. The van der Waals surface area contributed by atoms with Gasteiger partial charge >= 0.3 is 23.9 Å². The Morgan fingerprint density at radius 2 is 0.846 bits per heavy atom. The van der Waals surface area contributed by atoms with Crippen LogP contribution in [0, 0.1) is 0 Å². The van der Waals surface area contributed by atoms with Crippen molar-refractivity contribution >= 4 is 23.9 Å². The largest absolute Gasteiger partial charge is 0.478 e. The molecule has 0 aliphatic rings. The summed E-state index contributed by atoms with van der Waals surface area (Å²) in [5.74, 6) is -6.14. The van der Waals surface area contributed by atoms with Gasteiger partial charge in [0.25, 0.3) is 0 Å². The fraction of sp³-hybridized carbons (Fsp3) is 0. The van der Waals surface area contributed by atoms with Crippen LogP contribution in [0.2, 0.25) is 0 Å². The third kappa shape index (κ3) is 3.83. The summed E-state index contributed by atoms with van der Waals surface area (Å²) in [7, 11) is 0. The molecule has 0 heterocycles. The monoisotopic (exact) mass is 366 g/mol. The van der Waals surface area contributed by atoms with Gasteiger partial charge in [-0.1, -0.05) is 24.3 Å². The van der Waals surface area contributed by atoms with Gasteiger partial charge in [0, 0.05) is 0 Å². The average Bonchev–Trinajstić information content (AvgIpc) is 2.52. The second kappa shape index (κ2) is 8.37. The fourth-order valence-corrected chi connectivity index (χ4v) is 2.37. The zero-order chi connectivity index (χ0) is 18.0. The average molecular weight is 366 g/mol. The lowest BCUT2D eigenvalue weighted by molar-refractivity contribution is 0.0650. The standard InChI is InChI=1S/C16H10O8.2H2O/c17-13(18)9-5-1-3-7(11(9)15(21)22)8-4-2-6-10(14(19)20)12(8)16(23)24;;/h1-6H,(H,17,18)(H,19,20)(H,21,22)(H,23,24);2*1H2. The molecule has 0 radical (unpaired) electrons. The molecular formula is C16H14O10. The molecule has 0 unspecified atom stereocenters. The van der Waals surface area contributed by atoms with Gasteiger partial charge in [0.1, 0.15) is 0 Å². The van der Waals surface area contributed by atoms with E-state index in [0.29, 0.717) is 0 Å². The van der Waals surface area contributed by atoms with E-state index in [4.69, 9.17) is 10.2 Å². The van der Waals surface area contributed by atoms with Crippen LogP contribution in [0.1, 0.15) is 41.4 Å². The summed E-state index contributed by atoms with van der Waals surface area (Å²) in [6.45, 7) is 0. The molecule has 10 nitrogen and oxygen atoms in total. The van der Waals surface area contributed by atoms with Gasteiger partial charge in [-0.3, -0.25) is 0 Å². The molecule has 0 bridgehead atoms. The van der Waals surface area contributed by atoms with Crippen LogP contribution >= 0.6 is 0 Å². The molecule has 0 aliphatic heterocycles. The SMILES string of the molecule is O.O.O=C(O)c1cccc(-c2cccc(C(=O)O)c2C(=O)O)c1C(=O)O. The Labute approximate surface area is 145 Å². The molecular weight excluding hydrogens is 352 g/mol. The second-order valence-corrected chi connectivity index (χ2v) is 4.68. The number of carboxylic acids is 4. The minimum absolute atomic E-state index is 0.